The Morgan fingerprint density at radius 2 is 1.83 bits per heavy atom. The number of anilines is 2. The molecule has 2 aromatic rings. The molecule has 0 aliphatic carbocycles. The van der Waals surface area contributed by atoms with Gasteiger partial charge in [0.15, 0.2) is 6.10 Å². The van der Waals surface area contributed by atoms with Gasteiger partial charge >= 0.3 is 5.97 Å². The number of carbonyl (C=O) groups is 3. The third-order valence-corrected chi connectivity index (χ3v) is 4.84. The van der Waals surface area contributed by atoms with Crippen molar-refractivity contribution in [2.24, 2.45) is 5.92 Å². The van der Waals surface area contributed by atoms with Crippen LogP contribution in [-0.2, 0) is 19.1 Å². The smallest absolute Gasteiger partial charge is 0.312 e. The fourth-order valence-electron chi connectivity index (χ4n) is 3.20. The lowest BCUT2D eigenvalue weighted by Crippen LogP contribution is -2.33. The Morgan fingerprint density at radius 3 is 2.50 bits per heavy atom. The molecule has 8 heteroatoms. The van der Waals surface area contributed by atoms with Gasteiger partial charge in [-0.25, -0.2) is 0 Å². The lowest BCUT2D eigenvalue weighted by atomic mass is 10.1. The summed E-state index contributed by atoms with van der Waals surface area (Å²) in [6.07, 6.45) is -0.988. The van der Waals surface area contributed by atoms with Crippen LogP contribution >= 0.6 is 0 Å². The number of hydrogen-bond acceptors (Lipinski definition) is 6. The highest BCUT2D eigenvalue weighted by molar-refractivity contribution is 6.01. The van der Waals surface area contributed by atoms with Crippen LogP contribution in [0.4, 0.5) is 11.4 Å². The lowest BCUT2D eigenvalue weighted by molar-refractivity contribution is -0.157. The Hall–Kier alpha value is -3.55. The SMILES string of the molecule is COc1ccc(N2C[C@H](C(=O)O[C@H](C)C(=O)Nc3ccccc3)CC2=O)c(OC)c1. The van der Waals surface area contributed by atoms with Crippen molar-refractivity contribution in [3.05, 3.63) is 48.5 Å². The van der Waals surface area contributed by atoms with Crippen molar-refractivity contribution in [2.45, 2.75) is 19.4 Å². The zero-order valence-corrected chi connectivity index (χ0v) is 17.1. The highest BCUT2D eigenvalue weighted by Gasteiger charge is 2.38. The van der Waals surface area contributed by atoms with Gasteiger partial charge in [-0.1, -0.05) is 18.2 Å². The quantitative estimate of drug-likeness (QED) is 0.703. The minimum absolute atomic E-state index is 0.00103. The second-order valence-corrected chi connectivity index (χ2v) is 6.88. The van der Waals surface area contributed by atoms with Crippen molar-refractivity contribution >= 4 is 29.2 Å². The lowest BCUT2D eigenvalue weighted by Gasteiger charge is -2.20. The molecule has 1 N–H and O–H groups in total. The molecular formula is C22H24N2O6. The Labute approximate surface area is 174 Å². The monoisotopic (exact) mass is 412 g/mol. The van der Waals surface area contributed by atoms with Crippen molar-refractivity contribution in [1.82, 2.24) is 0 Å². The molecule has 0 aromatic heterocycles. The molecule has 1 aliphatic heterocycles. The normalized spacial score (nSPS) is 16.7. The molecule has 1 fully saturated rings. The zero-order valence-electron chi connectivity index (χ0n) is 17.1. The second kappa shape index (κ2) is 9.30. The first-order valence-electron chi connectivity index (χ1n) is 9.51. The fourth-order valence-corrected chi connectivity index (χ4v) is 3.20. The summed E-state index contributed by atoms with van der Waals surface area (Å²) in [5, 5.41) is 2.69. The van der Waals surface area contributed by atoms with Crippen molar-refractivity contribution < 1.29 is 28.6 Å². The van der Waals surface area contributed by atoms with Crippen LogP contribution in [-0.4, -0.2) is 44.7 Å². The van der Waals surface area contributed by atoms with Gasteiger partial charge in [-0.05, 0) is 31.2 Å². The maximum absolute atomic E-state index is 12.6. The van der Waals surface area contributed by atoms with Crippen molar-refractivity contribution in [3.8, 4) is 11.5 Å². The summed E-state index contributed by atoms with van der Waals surface area (Å²) >= 11 is 0. The van der Waals surface area contributed by atoms with Crippen LogP contribution in [0, 0.1) is 5.92 Å². The van der Waals surface area contributed by atoms with Crippen LogP contribution in [0.25, 0.3) is 0 Å². The van der Waals surface area contributed by atoms with Gasteiger partial charge in [-0.15, -0.1) is 0 Å². The topological polar surface area (TPSA) is 94.2 Å². The molecule has 2 aromatic carbocycles. The van der Waals surface area contributed by atoms with E-state index in [9.17, 15) is 14.4 Å². The van der Waals surface area contributed by atoms with E-state index < -0.39 is 23.9 Å². The van der Waals surface area contributed by atoms with E-state index in [1.807, 2.05) is 6.07 Å². The second-order valence-electron chi connectivity index (χ2n) is 6.88. The summed E-state index contributed by atoms with van der Waals surface area (Å²) in [7, 11) is 3.04. The molecule has 0 spiro atoms. The first-order chi connectivity index (χ1) is 14.4. The van der Waals surface area contributed by atoms with E-state index in [0.29, 0.717) is 22.9 Å². The number of nitrogens with zero attached hydrogens (tertiary/aromatic N) is 1. The molecule has 0 radical (unpaired) electrons. The first kappa shape index (κ1) is 21.2. The van der Waals surface area contributed by atoms with Gasteiger partial charge < -0.3 is 24.4 Å². The largest absolute Gasteiger partial charge is 0.497 e. The summed E-state index contributed by atoms with van der Waals surface area (Å²) in [6, 6.07) is 14.0. The van der Waals surface area contributed by atoms with E-state index in [-0.39, 0.29) is 18.9 Å². The minimum Gasteiger partial charge on any atom is -0.497 e. The van der Waals surface area contributed by atoms with E-state index in [1.54, 1.807) is 42.5 Å². The van der Waals surface area contributed by atoms with Gasteiger partial charge in [-0.2, -0.15) is 0 Å². The molecule has 2 amide bonds. The van der Waals surface area contributed by atoms with Crippen molar-refractivity contribution in [3.63, 3.8) is 0 Å². The molecule has 1 aliphatic rings. The predicted octanol–water partition coefficient (Wildman–Crippen LogP) is 2.63. The molecular weight excluding hydrogens is 388 g/mol. The van der Waals surface area contributed by atoms with Gasteiger partial charge in [0.1, 0.15) is 11.5 Å². The predicted molar refractivity (Wildman–Crippen MR) is 111 cm³/mol. The van der Waals surface area contributed by atoms with E-state index in [4.69, 9.17) is 14.2 Å². The maximum Gasteiger partial charge on any atom is 0.312 e. The number of methoxy groups -OCH3 is 2. The third-order valence-electron chi connectivity index (χ3n) is 4.84. The Bertz CT molecular complexity index is 930. The van der Waals surface area contributed by atoms with E-state index in [0.717, 1.165) is 0 Å². The average Bonchev–Trinajstić information content (AvgIpc) is 3.15. The number of ether oxygens (including phenoxy) is 3. The van der Waals surface area contributed by atoms with Crippen LogP contribution in [0.5, 0.6) is 11.5 Å². The van der Waals surface area contributed by atoms with Crippen LogP contribution in [0.15, 0.2) is 48.5 Å². The van der Waals surface area contributed by atoms with E-state index in [1.165, 1.54) is 26.0 Å². The maximum atomic E-state index is 12.6. The van der Waals surface area contributed by atoms with Gasteiger partial charge in [0.05, 0.1) is 25.8 Å². The first-order valence-corrected chi connectivity index (χ1v) is 9.51. The number of rotatable bonds is 7. The molecule has 0 bridgehead atoms. The minimum atomic E-state index is -0.989. The van der Waals surface area contributed by atoms with E-state index in [2.05, 4.69) is 5.32 Å². The molecule has 3 rings (SSSR count). The zero-order chi connectivity index (χ0) is 21.7. The Balaban J connectivity index is 1.63. The number of carbonyl (C=O) groups excluding carboxylic acids is 3. The Morgan fingerprint density at radius 1 is 1.10 bits per heavy atom. The number of amides is 2. The third kappa shape index (κ3) is 4.71. The molecule has 1 saturated heterocycles. The summed E-state index contributed by atoms with van der Waals surface area (Å²) in [4.78, 5) is 38.8. The number of benzene rings is 2. The van der Waals surface area contributed by atoms with Crippen molar-refractivity contribution in [2.75, 3.05) is 31.0 Å². The standard InChI is InChI=1S/C22H24N2O6/c1-14(21(26)23-16-7-5-4-6-8-16)30-22(27)15-11-20(25)24(13-15)18-10-9-17(28-2)12-19(18)29-3/h4-10,12,14-15H,11,13H2,1-3H3,(H,23,26)/t14-,15-/m1/s1. The Kier molecular flexibility index (Phi) is 6.56. The van der Waals surface area contributed by atoms with Gasteiger partial charge in [0.25, 0.3) is 5.91 Å². The van der Waals surface area contributed by atoms with Gasteiger partial charge in [0, 0.05) is 24.7 Å². The number of esters is 1. The molecule has 0 saturated carbocycles. The van der Waals surface area contributed by atoms with Gasteiger partial charge in [0.2, 0.25) is 5.91 Å². The number of nitrogens with one attached hydrogen (secondary N) is 1. The highest BCUT2D eigenvalue weighted by Crippen LogP contribution is 2.36. The highest BCUT2D eigenvalue weighted by atomic mass is 16.5. The number of para-hydroxylation sites is 1. The van der Waals surface area contributed by atoms with Crippen LogP contribution in [0.1, 0.15) is 13.3 Å². The molecule has 0 unspecified atom stereocenters. The fraction of sp³-hybridized carbons (Fsp3) is 0.318. The molecule has 30 heavy (non-hydrogen) atoms. The molecule has 158 valence electrons. The summed E-state index contributed by atoms with van der Waals surface area (Å²) in [6.45, 7) is 1.64. The van der Waals surface area contributed by atoms with Crippen LogP contribution in [0.3, 0.4) is 0 Å². The van der Waals surface area contributed by atoms with Crippen LogP contribution < -0.4 is 19.7 Å². The molecule has 8 nitrogen and oxygen atoms in total. The summed E-state index contributed by atoms with van der Waals surface area (Å²) in [5.41, 5.74) is 1.16. The van der Waals surface area contributed by atoms with Crippen molar-refractivity contribution in [1.29, 1.82) is 0 Å². The number of hydrogen-bond donors (Lipinski definition) is 1. The van der Waals surface area contributed by atoms with Gasteiger partial charge in [-0.3, -0.25) is 14.4 Å². The summed E-state index contributed by atoms with van der Waals surface area (Å²) < 4.78 is 15.8. The van der Waals surface area contributed by atoms with E-state index >= 15 is 0 Å². The summed E-state index contributed by atoms with van der Waals surface area (Å²) in [5.74, 6) is -0.858. The molecule has 1 heterocycles. The van der Waals surface area contributed by atoms with Crippen LogP contribution in [0.2, 0.25) is 0 Å². The average molecular weight is 412 g/mol. The molecule has 2 atom stereocenters.